The Hall–Kier alpha value is -1.42. The number of rotatable bonds is 0. The van der Waals surface area contributed by atoms with Crippen LogP contribution >= 0.6 is 0 Å². The average Bonchev–Trinajstić information content (AvgIpc) is 2.78. The van der Waals surface area contributed by atoms with Gasteiger partial charge in [-0.1, -0.05) is 13.8 Å². The normalized spacial score (nSPS) is 49.0. The molecule has 4 aliphatic carbocycles. The van der Waals surface area contributed by atoms with E-state index in [9.17, 15) is 19.8 Å². The third-order valence-electron chi connectivity index (χ3n) is 7.37. The summed E-state index contributed by atoms with van der Waals surface area (Å²) in [6.45, 7) is 4.13. The van der Waals surface area contributed by atoms with Crippen molar-refractivity contribution in [1.82, 2.24) is 0 Å². The van der Waals surface area contributed by atoms with Crippen LogP contribution in [-0.4, -0.2) is 27.9 Å². The molecule has 4 heteroatoms. The Bertz CT molecular complexity index is 660. The SMILES string of the molecule is C[C@]12C=C(O)C(=O)C=C1[C@H](O)C[C@@H]1[C@@H]2CC[C@]2(C)C(=O)CC[C@@H]12. The van der Waals surface area contributed by atoms with Crippen molar-refractivity contribution in [1.29, 1.82) is 0 Å². The Morgan fingerprint density at radius 1 is 1.17 bits per heavy atom. The van der Waals surface area contributed by atoms with Gasteiger partial charge in [0.15, 0.2) is 5.76 Å². The lowest BCUT2D eigenvalue weighted by molar-refractivity contribution is -0.133. The van der Waals surface area contributed by atoms with Crippen molar-refractivity contribution in [3.63, 3.8) is 0 Å². The Balaban J connectivity index is 1.78. The average molecular weight is 316 g/mol. The molecule has 0 saturated heterocycles. The molecule has 6 atom stereocenters. The van der Waals surface area contributed by atoms with Gasteiger partial charge < -0.3 is 10.2 Å². The summed E-state index contributed by atoms with van der Waals surface area (Å²) in [4.78, 5) is 24.2. The minimum atomic E-state index is -0.660. The van der Waals surface area contributed by atoms with E-state index in [2.05, 4.69) is 6.92 Å². The van der Waals surface area contributed by atoms with E-state index in [1.165, 1.54) is 6.08 Å². The van der Waals surface area contributed by atoms with E-state index in [-0.39, 0.29) is 23.0 Å². The number of carbonyl (C=O) groups excluding carboxylic acids is 2. The molecule has 0 aromatic rings. The van der Waals surface area contributed by atoms with Gasteiger partial charge >= 0.3 is 0 Å². The predicted octanol–water partition coefficient (Wildman–Crippen LogP) is 2.72. The van der Waals surface area contributed by atoms with Crippen molar-refractivity contribution in [3.05, 3.63) is 23.5 Å². The summed E-state index contributed by atoms with van der Waals surface area (Å²) in [6.07, 6.45) is 6.40. The molecule has 2 N–H and O–H groups in total. The van der Waals surface area contributed by atoms with Gasteiger partial charge in [0.2, 0.25) is 5.78 Å². The van der Waals surface area contributed by atoms with E-state index in [0.717, 1.165) is 24.8 Å². The molecule has 4 nitrogen and oxygen atoms in total. The van der Waals surface area contributed by atoms with Gasteiger partial charge in [0, 0.05) is 17.3 Å². The zero-order valence-corrected chi connectivity index (χ0v) is 13.7. The second-order valence-electron chi connectivity index (χ2n) is 8.32. The van der Waals surface area contributed by atoms with Gasteiger partial charge in [0.1, 0.15) is 5.78 Å². The lowest BCUT2D eigenvalue weighted by Crippen LogP contribution is -2.53. The van der Waals surface area contributed by atoms with Gasteiger partial charge in [-0.25, -0.2) is 0 Å². The Morgan fingerprint density at radius 2 is 1.91 bits per heavy atom. The van der Waals surface area contributed by atoms with Gasteiger partial charge in [-0.2, -0.15) is 0 Å². The van der Waals surface area contributed by atoms with E-state index in [4.69, 9.17) is 0 Å². The molecular formula is C19H24O4. The van der Waals surface area contributed by atoms with Gasteiger partial charge in [-0.05, 0) is 61.2 Å². The molecule has 0 bridgehead atoms. The maximum atomic E-state index is 12.4. The first kappa shape index (κ1) is 15.1. The van der Waals surface area contributed by atoms with Crippen molar-refractivity contribution in [2.75, 3.05) is 0 Å². The van der Waals surface area contributed by atoms with E-state index in [1.807, 2.05) is 6.92 Å². The highest BCUT2D eigenvalue weighted by Crippen LogP contribution is 2.63. The summed E-state index contributed by atoms with van der Waals surface area (Å²) < 4.78 is 0. The fourth-order valence-corrected chi connectivity index (χ4v) is 6.10. The van der Waals surface area contributed by atoms with E-state index < -0.39 is 17.3 Å². The molecule has 0 aromatic carbocycles. The highest BCUT2D eigenvalue weighted by molar-refractivity contribution is 6.04. The second-order valence-corrected chi connectivity index (χ2v) is 8.32. The Morgan fingerprint density at radius 3 is 2.65 bits per heavy atom. The quantitative estimate of drug-likeness (QED) is 0.720. The van der Waals surface area contributed by atoms with E-state index in [1.54, 1.807) is 6.08 Å². The van der Waals surface area contributed by atoms with Crippen LogP contribution in [0.15, 0.2) is 23.5 Å². The number of allylic oxidation sites excluding steroid dienone is 2. The zero-order valence-electron chi connectivity index (χ0n) is 13.7. The molecule has 4 aliphatic rings. The minimum absolute atomic E-state index is 0.208. The number of hydrogen-bond donors (Lipinski definition) is 2. The van der Waals surface area contributed by atoms with Crippen molar-refractivity contribution in [2.45, 2.75) is 52.1 Å². The van der Waals surface area contributed by atoms with Crippen LogP contribution in [0.25, 0.3) is 0 Å². The molecule has 124 valence electrons. The van der Waals surface area contributed by atoms with Crippen molar-refractivity contribution >= 4 is 11.6 Å². The number of aliphatic hydroxyl groups excluding tert-OH is 2. The summed E-state index contributed by atoms with van der Waals surface area (Å²) in [5.41, 5.74) is 0.0247. The third kappa shape index (κ3) is 1.81. The lowest BCUT2D eigenvalue weighted by atomic mass is 9.48. The summed E-state index contributed by atoms with van der Waals surface area (Å²) >= 11 is 0. The van der Waals surface area contributed by atoms with Crippen molar-refractivity contribution in [3.8, 4) is 0 Å². The number of aliphatic hydroxyl groups is 2. The summed E-state index contributed by atoms with van der Waals surface area (Å²) in [6, 6.07) is 0. The Labute approximate surface area is 136 Å². The fourth-order valence-electron chi connectivity index (χ4n) is 6.10. The fraction of sp³-hybridized carbons (Fsp3) is 0.684. The molecule has 3 fully saturated rings. The van der Waals surface area contributed by atoms with Crippen LogP contribution in [0.5, 0.6) is 0 Å². The first-order valence-corrected chi connectivity index (χ1v) is 8.67. The molecule has 0 spiro atoms. The second kappa shape index (κ2) is 4.56. The zero-order chi connectivity index (χ0) is 16.6. The monoisotopic (exact) mass is 316 g/mol. The molecule has 0 heterocycles. The molecule has 0 amide bonds. The highest BCUT2D eigenvalue weighted by atomic mass is 16.3. The molecule has 3 saturated carbocycles. The number of carbonyl (C=O) groups is 2. The maximum Gasteiger partial charge on any atom is 0.219 e. The lowest BCUT2D eigenvalue weighted by Gasteiger charge is -2.56. The molecule has 4 rings (SSSR count). The number of Topliss-reactive ketones (excluding diaryl/α,β-unsaturated/α-hetero) is 1. The van der Waals surface area contributed by atoms with Crippen LogP contribution in [0.4, 0.5) is 0 Å². The summed E-state index contributed by atoms with van der Waals surface area (Å²) in [5, 5.41) is 20.6. The smallest absolute Gasteiger partial charge is 0.219 e. The molecule has 0 unspecified atom stereocenters. The summed E-state index contributed by atoms with van der Waals surface area (Å²) in [5.74, 6) is 0.617. The van der Waals surface area contributed by atoms with Gasteiger partial charge in [-0.15, -0.1) is 0 Å². The number of ketones is 2. The predicted molar refractivity (Wildman–Crippen MR) is 84.6 cm³/mol. The Kier molecular flexibility index (Phi) is 3.00. The van der Waals surface area contributed by atoms with Crippen LogP contribution in [0.1, 0.15) is 46.0 Å². The van der Waals surface area contributed by atoms with Crippen LogP contribution < -0.4 is 0 Å². The van der Waals surface area contributed by atoms with Crippen LogP contribution in [0, 0.1) is 28.6 Å². The van der Waals surface area contributed by atoms with Crippen LogP contribution in [0.2, 0.25) is 0 Å². The number of hydrogen-bond acceptors (Lipinski definition) is 4. The third-order valence-corrected chi connectivity index (χ3v) is 7.37. The molecule has 0 aromatic heterocycles. The minimum Gasteiger partial charge on any atom is -0.504 e. The van der Waals surface area contributed by atoms with Crippen molar-refractivity contribution in [2.24, 2.45) is 28.6 Å². The first-order valence-electron chi connectivity index (χ1n) is 8.67. The van der Waals surface area contributed by atoms with Gasteiger partial charge in [-0.3, -0.25) is 9.59 Å². The van der Waals surface area contributed by atoms with Gasteiger partial charge in [0.05, 0.1) is 6.10 Å². The maximum absolute atomic E-state index is 12.4. The van der Waals surface area contributed by atoms with Crippen LogP contribution in [0.3, 0.4) is 0 Å². The van der Waals surface area contributed by atoms with Gasteiger partial charge in [0.25, 0.3) is 0 Å². The topological polar surface area (TPSA) is 74.6 Å². The first-order chi connectivity index (χ1) is 10.8. The molecule has 0 aliphatic heterocycles. The molecular weight excluding hydrogens is 292 g/mol. The van der Waals surface area contributed by atoms with E-state index >= 15 is 0 Å². The summed E-state index contributed by atoms with van der Waals surface area (Å²) in [7, 11) is 0. The standard InChI is InChI=1S/C19H24O4/c1-18-6-5-12-10(11(18)3-4-17(18)23)7-14(20)13-8-15(21)16(22)9-19(12,13)2/h8-12,14,20,22H,3-7H2,1-2H3/t10-,11-,12-,14+,18-,19+/m0/s1. The van der Waals surface area contributed by atoms with Crippen LogP contribution in [-0.2, 0) is 9.59 Å². The molecule has 23 heavy (non-hydrogen) atoms. The molecule has 0 radical (unpaired) electrons. The van der Waals surface area contributed by atoms with E-state index in [0.29, 0.717) is 24.5 Å². The number of fused-ring (bicyclic) bond motifs is 5. The van der Waals surface area contributed by atoms with Crippen molar-refractivity contribution < 1.29 is 19.8 Å². The highest BCUT2D eigenvalue weighted by Gasteiger charge is 2.60. The largest absolute Gasteiger partial charge is 0.504 e.